The molecule has 0 bridgehead atoms. The van der Waals surface area contributed by atoms with E-state index in [1.54, 1.807) is 11.3 Å². The fourth-order valence-electron chi connectivity index (χ4n) is 2.09. The molecule has 1 heterocycles. The molecule has 2 N–H and O–H groups in total. The number of fused-ring (bicyclic) bond motifs is 1. The van der Waals surface area contributed by atoms with Crippen LogP contribution in [0.4, 0.5) is 0 Å². The van der Waals surface area contributed by atoms with Crippen molar-refractivity contribution in [3.63, 3.8) is 0 Å². The Balaban J connectivity index is 1.99. The van der Waals surface area contributed by atoms with Crippen molar-refractivity contribution < 1.29 is 9.90 Å². The van der Waals surface area contributed by atoms with Gasteiger partial charge in [-0.15, -0.1) is 11.3 Å². The number of unbranched alkanes of at least 4 members (excludes halogenated alkanes) is 2. The van der Waals surface area contributed by atoms with E-state index >= 15 is 0 Å². The molecule has 0 radical (unpaired) electrons. The van der Waals surface area contributed by atoms with E-state index in [0.717, 1.165) is 39.8 Å². The van der Waals surface area contributed by atoms with Crippen molar-refractivity contribution in [3.8, 4) is 0 Å². The van der Waals surface area contributed by atoms with Crippen molar-refractivity contribution in [1.29, 1.82) is 0 Å². The molecule has 2 aromatic rings. The maximum atomic E-state index is 12.1. The zero-order chi connectivity index (χ0) is 13.7. The molecule has 0 saturated carbocycles. The third-order valence-electron chi connectivity index (χ3n) is 3.17. The maximum Gasteiger partial charge on any atom is 0.261 e. The molecule has 1 aromatic heterocycles. The first-order valence-corrected chi connectivity index (χ1v) is 7.43. The van der Waals surface area contributed by atoms with Crippen LogP contribution in [0.2, 0.25) is 0 Å². The van der Waals surface area contributed by atoms with Crippen molar-refractivity contribution in [2.45, 2.75) is 26.2 Å². The van der Waals surface area contributed by atoms with Gasteiger partial charge in [0.15, 0.2) is 0 Å². The SMILES string of the molecule is Cc1c(C(=O)NCCCCCO)sc2ccccc12. The number of carbonyl (C=O) groups excluding carboxylic acids is 1. The lowest BCUT2D eigenvalue weighted by atomic mass is 10.1. The summed E-state index contributed by atoms with van der Waals surface area (Å²) in [6.45, 7) is 2.90. The van der Waals surface area contributed by atoms with Crippen molar-refractivity contribution in [2.75, 3.05) is 13.2 Å². The Labute approximate surface area is 117 Å². The van der Waals surface area contributed by atoms with Crippen LogP contribution in [0.15, 0.2) is 24.3 Å². The number of carbonyl (C=O) groups is 1. The second kappa shape index (κ2) is 6.68. The van der Waals surface area contributed by atoms with Crippen molar-refractivity contribution >= 4 is 27.3 Å². The summed E-state index contributed by atoms with van der Waals surface area (Å²) in [5, 5.41) is 12.8. The Morgan fingerprint density at radius 1 is 1.26 bits per heavy atom. The number of amides is 1. The molecular weight excluding hydrogens is 258 g/mol. The first-order valence-electron chi connectivity index (χ1n) is 6.61. The molecule has 0 aliphatic rings. The molecule has 19 heavy (non-hydrogen) atoms. The van der Waals surface area contributed by atoms with Crippen LogP contribution in [-0.4, -0.2) is 24.2 Å². The highest BCUT2D eigenvalue weighted by Gasteiger charge is 2.14. The van der Waals surface area contributed by atoms with E-state index < -0.39 is 0 Å². The van der Waals surface area contributed by atoms with Gasteiger partial charge >= 0.3 is 0 Å². The fourth-order valence-corrected chi connectivity index (χ4v) is 3.21. The summed E-state index contributed by atoms with van der Waals surface area (Å²) in [6.07, 6.45) is 2.66. The van der Waals surface area contributed by atoms with Crippen LogP contribution in [0.3, 0.4) is 0 Å². The number of aryl methyl sites for hydroxylation is 1. The van der Waals surface area contributed by atoms with E-state index in [4.69, 9.17) is 5.11 Å². The number of aliphatic hydroxyl groups is 1. The van der Waals surface area contributed by atoms with Gasteiger partial charge in [-0.1, -0.05) is 18.2 Å². The summed E-state index contributed by atoms with van der Waals surface area (Å²) in [6, 6.07) is 8.09. The standard InChI is InChI=1S/C15H19NO2S/c1-11-12-7-3-4-8-13(12)19-14(11)15(18)16-9-5-2-6-10-17/h3-4,7-8,17H,2,5-6,9-10H2,1H3,(H,16,18). The molecule has 1 aromatic carbocycles. The van der Waals surface area contributed by atoms with E-state index in [9.17, 15) is 4.79 Å². The lowest BCUT2D eigenvalue weighted by Crippen LogP contribution is -2.24. The van der Waals surface area contributed by atoms with Crippen LogP contribution < -0.4 is 5.32 Å². The number of rotatable bonds is 6. The number of hydrogen-bond donors (Lipinski definition) is 2. The predicted octanol–water partition coefficient (Wildman–Crippen LogP) is 3.10. The molecule has 1 amide bonds. The second-order valence-corrected chi connectivity index (χ2v) is 5.64. The summed E-state index contributed by atoms with van der Waals surface area (Å²) < 4.78 is 1.16. The van der Waals surface area contributed by atoms with Crippen LogP contribution in [-0.2, 0) is 0 Å². The molecule has 0 unspecified atom stereocenters. The molecule has 0 saturated heterocycles. The Hall–Kier alpha value is -1.39. The van der Waals surface area contributed by atoms with Gasteiger partial charge in [0.25, 0.3) is 5.91 Å². The Bertz CT molecular complexity index is 562. The highest BCUT2D eigenvalue weighted by molar-refractivity contribution is 7.21. The molecule has 0 atom stereocenters. The molecule has 0 aliphatic carbocycles. The maximum absolute atomic E-state index is 12.1. The topological polar surface area (TPSA) is 49.3 Å². The summed E-state index contributed by atoms with van der Waals surface area (Å²) in [7, 11) is 0. The minimum Gasteiger partial charge on any atom is -0.396 e. The van der Waals surface area contributed by atoms with Gasteiger partial charge in [0.05, 0.1) is 4.88 Å². The average molecular weight is 277 g/mol. The lowest BCUT2D eigenvalue weighted by Gasteiger charge is -2.03. The summed E-state index contributed by atoms with van der Waals surface area (Å²) >= 11 is 1.55. The zero-order valence-electron chi connectivity index (χ0n) is 11.1. The molecule has 2 rings (SSSR count). The molecule has 0 spiro atoms. The smallest absolute Gasteiger partial charge is 0.261 e. The predicted molar refractivity (Wildman–Crippen MR) is 79.8 cm³/mol. The minimum atomic E-state index is 0.0164. The number of aliphatic hydroxyl groups excluding tert-OH is 1. The third kappa shape index (κ3) is 3.33. The first-order chi connectivity index (χ1) is 9.24. The van der Waals surface area contributed by atoms with Gasteiger partial charge < -0.3 is 10.4 Å². The van der Waals surface area contributed by atoms with E-state index in [1.807, 2.05) is 25.1 Å². The Morgan fingerprint density at radius 3 is 2.79 bits per heavy atom. The average Bonchev–Trinajstić information content (AvgIpc) is 2.76. The molecule has 0 fully saturated rings. The van der Waals surface area contributed by atoms with Crippen LogP contribution in [0.1, 0.15) is 34.5 Å². The summed E-state index contributed by atoms with van der Waals surface area (Å²) in [5.41, 5.74) is 1.06. The van der Waals surface area contributed by atoms with Crippen LogP contribution in [0.5, 0.6) is 0 Å². The van der Waals surface area contributed by atoms with Gasteiger partial charge in [0.1, 0.15) is 0 Å². The van der Waals surface area contributed by atoms with Gasteiger partial charge in [-0.2, -0.15) is 0 Å². The largest absolute Gasteiger partial charge is 0.396 e. The lowest BCUT2D eigenvalue weighted by molar-refractivity contribution is 0.0956. The summed E-state index contributed by atoms with van der Waals surface area (Å²) in [5.74, 6) is 0.0164. The van der Waals surface area contributed by atoms with Crippen LogP contribution in [0, 0.1) is 6.92 Å². The van der Waals surface area contributed by atoms with E-state index in [0.29, 0.717) is 6.54 Å². The number of nitrogens with one attached hydrogen (secondary N) is 1. The molecule has 0 aliphatic heterocycles. The Kier molecular flexibility index (Phi) is 4.93. The quantitative estimate of drug-likeness (QED) is 0.797. The number of benzene rings is 1. The molecule has 102 valence electrons. The van der Waals surface area contributed by atoms with Gasteiger partial charge in [0, 0.05) is 17.9 Å². The molecule has 3 nitrogen and oxygen atoms in total. The number of hydrogen-bond acceptors (Lipinski definition) is 3. The van der Waals surface area contributed by atoms with Crippen molar-refractivity contribution in [1.82, 2.24) is 5.32 Å². The number of thiophene rings is 1. The highest BCUT2D eigenvalue weighted by atomic mass is 32.1. The van der Waals surface area contributed by atoms with E-state index in [2.05, 4.69) is 11.4 Å². The Morgan fingerprint density at radius 2 is 2.05 bits per heavy atom. The zero-order valence-corrected chi connectivity index (χ0v) is 11.9. The van der Waals surface area contributed by atoms with Gasteiger partial charge in [-0.25, -0.2) is 0 Å². The normalized spacial score (nSPS) is 10.8. The van der Waals surface area contributed by atoms with Crippen LogP contribution >= 0.6 is 11.3 Å². The van der Waals surface area contributed by atoms with Gasteiger partial charge in [0.2, 0.25) is 0 Å². The monoisotopic (exact) mass is 277 g/mol. The highest BCUT2D eigenvalue weighted by Crippen LogP contribution is 2.30. The minimum absolute atomic E-state index is 0.0164. The van der Waals surface area contributed by atoms with Crippen molar-refractivity contribution in [2.24, 2.45) is 0 Å². The van der Waals surface area contributed by atoms with Gasteiger partial charge in [-0.3, -0.25) is 4.79 Å². The third-order valence-corrected chi connectivity index (χ3v) is 4.44. The van der Waals surface area contributed by atoms with Crippen molar-refractivity contribution in [3.05, 3.63) is 34.7 Å². The first kappa shape index (κ1) is 14.0. The molecule has 4 heteroatoms. The van der Waals surface area contributed by atoms with Crippen LogP contribution in [0.25, 0.3) is 10.1 Å². The van der Waals surface area contributed by atoms with E-state index in [-0.39, 0.29) is 12.5 Å². The second-order valence-electron chi connectivity index (χ2n) is 4.59. The fraction of sp³-hybridized carbons (Fsp3) is 0.400. The molecular formula is C15H19NO2S. The summed E-state index contributed by atoms with van der Waals surface area (Å²) in [4.78, 5) is 12.9. The van der Waals surface area contributed by atoms with Gasteiger partial charge in [-0.05, 0) is 43.2 Å². The van der Waals surface area contributed by atoms with E-state index in [1.165, 1.54) is 0 Å².